The summed E-state index contributed by atoms with van der Waals surface area (Å²) in [5.41, 5.74) is 1.04. The quantitative estimate of drug-likeness (QED) is 0.256. The van der Waals surface area contributed by atoms with Crippen molar-refractivity contribution in [3.63, 3.8) is 0 Å². The summed E-state index contributed by atoms with van der Waals surface area (Å²) in [6, 6.07) is 18.0. The maximum Gasteiger partial charge on any atom is 0.270 e. The lowest BCUT2D eigenvalue weighted by molar-refractivity contribution is -0.384. The Kier molecular flexibility index (Phi) is 5.67. The molecule has 0 radical (unpaired) electrons. The minimum atomic E-state index is -0.500. The molecule has 0 bridgehead atoms. The van der Waals surface area contributed by atoms with Gasteiger partial charge in [-0.1, -0.05) is 28.1 Å². The second-order valence-electron chi connectivity index (χ2n) is 5.64. The third-order valence-electron chi connectivity index (χ3n) is 3.72. The fourth-order valence-corrected chi connectivity index (χ4v) is 2.68. The average molecular weight is 438 g/mol. The second kappa shape index (κ2) is 8.33. The van der Waals surface area contributed by atoms with E-state index >= 15 is 0 Å². The van der Waals surface area contributed by atoms with Crippen LogP contribution in [0.1, 0.15) is 5.76 Å². The van der Waals surface area contributed by atoms with Crippen LogP contribution < -0.4 is 5.32 Å². The van der Waals surface area contributed by atoms with E-state index in [0.29, 0.717) is 17.0 Å². The van der Waals surface area contributed by atoms with Crippen LogP contribution in [0, 0.1) is 21.4 Å². The highest BCUT2D eigenvalue weighted by Crippen LogP contribution is 2.28. The molecule has 0 spiro atoms. The maximum absolute atomic E-state index is 12.2. The number of nitro benzene ring substituents is 1. The van der Waals surface area contributed by atoms with Crippen molar-refractivity contribution in [1.29, 1.82) is 5.26 Å². The van der Waals surface area contributed by atoms with Gasteiger partial charge in [-0.25, -0.2) is 0 Å². The molecular formula is C20H12BrN3O4. The molecule has 138 valence electrons. The number of furan rings is 1. The first-order valence-corrected chi connectivity index (χ1v) is 8.79. The number of carbonyl (C=O) groups is 1. The molecule has 1 heterocycles. The molecule has 3 rings (SSSR count). The molecule has 28 heavy (non-hydrogen) atoms. The van der Waals surface area contributed by atoms with Gasteiger partial charge in [0.25, 0.3) is 5.69 Å². The molecule has 1 aromatic heterocycles. The molecule has 8 heteroatoms. The number of halogens is 1. The van der Waals surface area contributed by atoms with Crippen LogP contribution in [0.2, 0.25) is 0 Å². The van der Waals surface area contributed by atoms with Crippen molar-refractivity contribution < 1.29 is 14.1 Å². The molecule has 0 saturated heterocycles. The van der Waals surface area contributed by atoms with E-state index in [1.54, 1.807) is 42.5 Å². The largest absolute Gasteiger partial charge is 0.455 e. The number of anilines is 1. The number of nitrogens with zero attached hydrogens (tertiary/aromatic N) is 2. The summed E-state index contributed by atoms with van der Waals surface area (Å²) in [7, 11) is 0. The van der Waals surface area contributed by atoms with Crippen molar-refractivity contribution in [2.24, 2.45) is 0 Å². The van der Waals surface area contributed by atoms with Gasteiger partial charge in [-0.2, -0.15) is 5.26 Å². The molecule has 0 aliphatic rings. The average Bonchev–Trinajstić information content (AvgIpc) is 3.18. The molecule has 0 saturated carbocycles. The van der Waals surface area contributed by atoms with Gasteiger partial charge < -0.3 is 9.73 Å². The van der Waals surface area contributed by atoms with Gasteiger partial charge in [-0.3, -0.25) is 14.9 Å². The number of benzene rings is 2. The van der Waals surface area contributed by atoms with Crippen LogP contribution in [0.5, 0.6) is 0 Å². The summed E-state index contributed by atoms with van der Waals surface area (Å²) in [6.07, 6.45) is 1.14. The van der Waals surface area contributed by atoms with Crippen molar-refractivity contribution in [3.8, 4) is 17.4 Å². The van der Waals surface area contributed by atoms with Gasteiger partial charge in [0, 0.05) is 33.9 Å². The van der Waals surface area contributed by atoms with E-state index in [1.165, 1.54) is 18.2 Å². The molecule has 1 N–H and O–H groups in total. The summed E-state index contributed by atoms with van der Waals surface area (Å²) < 4.78 is 6.50. The van der Waals surface area contributed by atoms with Gasteiger partial charge in [0.05, 0.1) is 4.92 Å². The first-order chi connectivity index (χ1) is 13.5. The predicted octanol–water partition coefficient (Wildman–Crippen LogP) is 5.16. The van der Waals surface area contributed by atoms with Crippen LogP contribution in [0.25, 0.3) is 16.9 Å². The normalized spacial score (nSPS) is 10.9. The fourth-order valence-electron chi connectivity index (χ4n) is 2.41. The van der Waals surface area contributed by atoms with Crippen molar-refractivity contribution in [2.75, 3.05) is 5.32 Å². The molecule has 0 aliphatic carbocycles. The van der Waals surface area contributed by atoms with Crippen molar-refractivity contribution in [3.05, 3.63) is 87.1 Å². The highest BCUT2D eigenvalue weighted by atomic mass is 79.9. The lowest BCUT2D eigenvalue weighted by atomic mass is 10.1. The van der Waals surface area contributed by atoms with Gasteiger partial charge in [-0.05, 0) is 36.4 Å². The van der Waals surface area contributed by atoms with Crippen LogP contribution in [0.4, 0.5) is 11.4 Å². The van der Waals surface area contributed by atoms with E-state index in [2.05, 4.69) is 21.2 Å². The summed E-state index contributed by atoms with van der Waals surface area (Å²) in [4.78, 5) is 22.6. The molecule has 7 nitrogen and oxygen atoms in total. The molecular weight excluding hydrogens is 426 g/mol. The van der Waals surface area contributed by atoms with E-state index in [0.717, 1.165) is 10.5 Å². The highest BCUT2D eigenvalue weighted by Gasteiger charge is 2.13. The van der Waals surface area contributed by atoms with Gasteiger partial charge in [0.1, 0.15) is 23.2 Å². The topological polar surface area (TPSA) is 109 Å². The Bertz CT molecular complexity index is 1110. The summed E-state index contributed by atoms with van der Waals surface area (Å²) >= 11 is 3.31. The number of hydrogen-bond donors (Lipinski definition) is 1. The number of nitrogens with one attached hydrogen (secondary N) is 1. The molecule has 0 atom stereocenters. The number of rotatable bonds is 5. The van der Waals surface area contributed by atoms with Gasteiger partial charge >= 0.3 is 0 Å². The molecule has 0 aliphatic heterocycles. The standard InChI is InChI=1S/C20H12BrN3O4/c21-15-4-6-16(7-5-15)23-20(25)11-14(12-22)19-9-8-18(28-19)13-2-1-3-17(10-13)24(26)27/h1-11H,(H,23,25)/b14-11+. The molecule has 3 aromatic rings. The Balaban J connectivity index is 1.82. The van der Waals surface area contributed by atoms with Gasteiger partial charge in [0.2, 0.25) is 5.91 Å². The van der Waals surface area contributed by atoms with E-state index in [9.17, 15) is 20.2 Å². The highest BCUT2D eigenvalue weighted by molar-refractivity contribution is 9.10. The first-order valence-electron chi connectivity index (χ1n) is 7.99. The van der Waals surface area contributed by atoms with Crippen LogP contribution in [-0.4, -0.2) is 10.8 Å². The minimum absolute atomic E-state index is 0.0336. The zero-order valence-electron chi connectivity index (χ0n) is 14.3. The van der Waals surface area contributed by atoms with E-state index in [-0.39, 0.29) is 17.0 Å². The number of carbonyl (C=O) groups excluding carboxylic acids is 1. The summed E-state index contributed by atoms with van der Waals surface area (Å²) in [5.74, 6) is 0.0651. The zero-order chi connectivity index (χ0) is 20.1. The van der Waals surface area contributed by atoms with Gasteiger partial charge in [-0.15, -0.1) is 0 Å². The smallest absolute Gasteiger partial charge is 0.270 e. The molecule has 1 amide bonds. The molecule has 0 fully saturated rings. The number of non-ortho nitro benzene ring substituents is 1. The third-order valence-corrected chi connectivity index (χ3v) is 4.25. The van der Waals surface area contributed by atoms with Crippen LogP contribution in [-0.2, 0) is 4.79 Å². The number of allylic oxidation sites excluding steroid dienone is 1. The zero-order valence-corrected chi connectivity index (χ0v) is 15.8. The maximum atomic E-state index is 12.2. The van der Waals surface area contributed by atoms with Crippen molar-refractivity contribution in [1.82, 2.24) is 0 Å². The number of amides is 1. The predicted molar refractivity (Wildman–Crippen MR) is 107 cm³/mol. The second-order valence-corrected chi connectivity index (χ2v) is 6.55. The van der Waals surface area contributed by atoms with Crippen LogP contribution in [0.3, 0.4) is 0 Å². The van der Waals surface area contributed by atoms with Gasteiger partial charge in [0.15, 0.2) is 0 Å². The number of nitriles is 1. The Labute approximate surface area is 168 Å². The Morgan fingerprint density at radius 1 is 1.18 bits per heavy atom. The Morgan fingerprint density at radius 3 is 2.61 bits per heavy atom. The van der Waals surface area contributed by atoms with Crippen molar-refractivity contribution >= 4 is 38.8 Å². The lowest BCUT2D eigenvalue weighted by Gasteiger charge is -2.02. The van der Waals surface area contributed by atoms with E-state index in [4.69, 9.17) is 4.42 Å². The van der Waals surface area contributed by atoms with Crippen LogP contribution in [0.15, 0.2) is 75.6 Å². The number of hydrogen-bond acceptors (Lipinski definition) is 5. The minimum Gasteiger partial charge on any atom is -0.455 e. The Hall–Kier alpha value is -3.70. The number of nitro groups is 1. The summed E-state index contributed by atoms with van der Waals surface area (Å²) in [5, 5.41) is 22.9. The third kappa shape index (κ3) is 4.52. The Morgan fingerprint density at radius 2 is 1.93 bits per heavy atom. The fraction of sp³-hybridized carbons (Fsp3) is 0. The lowest BCUT2D eigenvalue weighted by Crippen LogP contribution is -2.08. The van der Waals surface area contributed by atoms with Crippen molar-refractivity contribution in [2.45, 2.75) is 0 Å². The molecule has 2 aromatic carbocycles. The summed E-state index contributed by atoms with van der Waals surface area (Å²) in [6.45, 7) is 0. The first kappa shape index (κ1) is 19.1. The molecule has 0 unspecified atom stereocenters. The van der Waals surface area contributed by atoms with E-state index in [1.807, 2.05) is 6.07 Å². The van der Waals surface area contributed by atoms with E-state index < -0.39 is 10.8 Å². The van der Waals surface area contributed by atoms with Crippen LogP contribution >= 0.6 is 15.9 Å². The SMILES string of the molecule is N#C/C(=C\C(=O)Nc1ccc(Br)cc1)c1ccc(-c2cccc([N+](=O)[O-])c2)o1. The monoisotopic (exact) mass is 437 g/mol.